The topological polar surface area (TPSA) is 26.3 Å². The molecule has 0 saturated carbocycles. The molecule has 1 aromatic carbocycles. The summed E-state index contributed by atoms with van der Waals surface area (Å²) in [5.41, 5.74) is 0.118. The van der Waals surface area contributed by atoms with Gasteiger partial charge < -0.3 is 4.74 Å². The third-order valence-corrected chi connectivity index (χ3v) is 2.33. The molecule has 0 saturated heterocycles. The van der Waals surface area contributed by atoms with E-state index in [9.17, 15) is 9.18 Å². The summed E-state index contributed by atoms with van der Waals surface area (Å²) in [6.45, 7) is 2.61. The van der Waals surface area contributed by atoms with Crippen LogP contribution in [0.2, 0.25) is 0 Å². The molecule has 1 aromatic rings. The maximum absolute atomic E-state index is 13.1. The van der Waals surface area contributed by atoms with E-state index in [-0.39, 0.29) is 5.56 Å². The number of hydrogen-bond donors (Lipinski definition) is 0. The predicted molar refractivity (Wildman–Crippen MR) is 61.6 cm³/mol. The van der Waals surface area contributed by atoms with Gasteiger partial charge in [0.05, 0.1) is 6.61 Å². The highest BCUT2D eigenvalue weighted by Gasteiger charge is 2.06. The van der Waals surface area contributed by atoms with Crippen LogP contribution in [-0.4, -0.2) is 11.8 Å². The Bertz CT molecular complexity index is 366. The molecule has 0 bridgehead atoms. The minimum Gasteiger partial charge on any atom is -0.493 e. The first kappa shape index (κ1) is 13.0. The molecule has 0 aliphatic rings. The van der Waals surface area contributed by atoms with Gasteiger partial charge in [0, 0.05) is 11.6 Å². The lowest BCUT2D eigenvalue weighted by atomic mass is 10.2. The summed E-state index contributed by atoms with van der Waals surface area (Å²) in [7, 11) is 0. The second-order valence-electron chi connectivity index (χ2n) is 3.50. The molecule has 0 aliphatic heterocycles. The molecular weight excluding hydrogens is 231 g/mol. The van der Waals surface area contributed by atoms with Gasteiger partial charge in [0.2, 0.25) is 0 Å². The summed E-state index contributed by atoms with van der Waals surface area (Å²) in [5.74, 6) is -0.169. The Morgan fingerprint density at radius 3 is 2.75 bits per heavy atom. The molecule has 0 fully saturated rings. The summed E-state index contributed by atoms with van der Waals surface area (Å²) in [6, 6.07) is 3.79. The first-order valence-corrected chi connectivity index (χ1v) is 5.64. The van der Waals surface area contributed by atoms with Gasteiger partial charge in [-0.05, 0) is 30.2 Å². The van der Waals surface area contributed by atoms with Crippen LogP contribution >= 0.6 is 11.6 Å². The Morgan fingerprint density at radius 2 is 2.12 bits per heavy atom. The fourth-order valence-corrected chi connectivity index (χ4v) is 1.41. The molecule has 0 unspecified atom stereocenters. The van der Waals surface area contributed by atoms with E-state index in [1.807, 2.05) is 0 Å². The molecular formula is C12H14ClFO2. The van der Waals surface area contributed by atoms with E-state index >= 15 is 0 Å². The minimum absolute atomic E-state index is 0.118. The second kappa shape index (κ2) is 6.48. The maximum atomic E-state index is 13.1. The first-order chi connectivity index (χ1) is 7.63. The van der Waals surface area contributed by atoms with Crippen LogP contribution < -0.4 is 4.74 Å². The molecule has 88 valence electrons. The Morgan fingerprint density at radius 1 is 1.38 bits per heavy atom. The van der Waals surface area contributed by atoms with E-state index < -0.39 is 11.1 Å². The highest BCUT2D eigenvalue weighted by atomic mass is 35.5. The molecule has 1 rings (SSSR count). The number of benzene rings is 1. The van der Waals surface area contributed by atoms with Gasteiger partial charge >= 0.3 is 0 Å². The highest BCUT2D eigenvalue weighted by molar-refractivity contribution is 6.67. The van der Waals surface area contributed by atoms with E-state index in [4.69, 9.17) is 16.3 Å². The zero-order valence-electron chi connectivity index (χ0n) is 9.13. The van der Waals surface area contributed by atoms with Crippen LogP contribution in [0, 0.1) is 5.82 Å². The van der Waals surface area contributed by atoms with Crippen molar-refractivity contribution in [3.8, 4) is 5.75 Å². The average Bonchev–Trinajstić information content (AvgIpc) is 2.23. The van der Waals surface area contributed by atoms with Gasteiger partial charge in [-0.15, -0.1) is 0 Å². The summed E-state index contributed by atoms with van der Waals surface area (Å²) in [4.78, 5) is 10.9. The van der Waals surface area contributed by atoms with Crippen LogP contribution in [0.5, 0.6) is 5.75 Å². The average molecular weight is 245 g/mol. The van der Waals surface area contributed by atoms with Crippen molar-refractivity contribution in [2.75, 3.05) is 6.61 Å². The number of rotatable bonds is 6. The largest absolute Gasteiger partial charge is 0.493 e. The molecule has 0 heterocycles. The van der Waals surface area contributed by atoms with Crippen LogP contribution in [0.15, 0.2) is 18.2 Å². The van der Waals surface area contributed by atoms with Gasteiger partial charge in [0.1, 0.15) is 11.6 Å². The normalized spacial score (nSPS) is 10.2. The lowest BCUT2D eigenvalue weighted by Crippen LogP contribution is -1.99. The van der Waals surface area contributed by atoms with Gasteiger partial charge in [-0.3, -0.25) is 4.79 Å². The van der Waals surface area contributed by atoms with Crippen molar-refractivity contribution in [3.63, 3.8) is 0 Å². The van der Waals surface area contributed by atoms with Gasteiger partial charge in [-0.25, -0.2) is 4.39 Å². The second-order valence-corrected chi connectivity index (χ2v) is 3.85. The molecule has 0 N–H and O–H groups in total. The number of halogens is 2. The molecule has 0 atom stereocenters. The van der Waals surface area contributed by atoms with Gasteiger partial charge in [0.15, 0.2) is 0 Å². The van der Waals surface area contributed by atoms with Crippen molar-refractivity contribution in [2.45, 2.75) is 26.2 Å². The van der Waals surface area contributed by atoms with E-state index in [1.54, 1.807) is 0 Å². The van der Waals surface area contributed by atoms with Crippen molar-refractivity contribution >= 4 is 16.8 Å². The molecule has 4 heteroatoms. The lowest BCUT2D eigenvalue weighted by Gasteiger charge is -2.06. The van der Waals surface area contributed by atoms with Crippen molar-refractivity contribution in [3.05, 3.63) is 29.6 Å². The Kier molecular flexibility index (Phi) is 5.26. The fraction of sp³-hybridized carbons (Fsp3) is 0.417. The van der Waals surface area contributed by atoms with Crippen LogP contribution in [-0.2, 0) is 0 Å². The zero-order valence-corrected chi connectivity index (χ0v) is 9.89. The number of unbranched alkanes of at least 4 members (excludes halogenated alkanes) is 2. The van der Waals surface area contributed by atoms with E-state index in [2.05, 4.69) is 6.92 Å². The van der Waals surface area contributed by atoms with Crippen LogP contribution in [0.4, 0.5) is 4.39 Å². The SMILES string of the molecule is CCCCCOc1cc(F)cc(C(=O)Cl)c1. The first-order valence-electron chi connectivity index (χ1n) is 5.26. The van der Waals surface area contributed by atoms with Gasteiger partial charge in [0.25, 0.3) is 5.24 Å². The van der Waals surface area contributed by atoms with Crippen molar-refractivity contribution in [1.29, 1.82) is 0 Å². The summed E-state index contributed by atoms with van der Waals surface area (Å²) < 4.78 is 18.4. The Labute approximate surface area is 99.4 Å². The van der Waals surface area contributed by atoms with E-state index in [0.717, 1.165) is 25.3 Å². The summed E-state index contributed by atoms with van der Waals surface area (Å²) >= 11 is 5.27. The quantitative estimate of drug-likeness (QED) is 0.562. The molecule has 0 aliphatic carbocycles. The number of ether oxygens (including phenoxy) is 1. The van der Waals surface area contributed by atoms with Gasteiger partial charge in [-0.2, -0.15) is 0 Å². The minimum atomic E-state index is -0.682. The third kappa shape index (κ3) is 4.19. The zero-order chi connectivity index (χ0) is 12.0. The maximum Gasteiger partial charge on any atom is 0.252 e. The molecule has 16 heavy (non-hydrogen) atoms. The summed E-state index contributed by atoms with van der Waals surface area (Å²) in [6.07, 6.45) is 3.08. The predicted octanol–water partition coefficient (Wildman–Crippen LogP) is 3.77. The van der Waals surface area contributed by atoms with E-state index in [1.165, 1.54) is 12.1 Å². The van der Waals surface area contributed by atoms with Crippen molar-refractivity contribution in [2.24, 2.45) is 0 Å². The lowest BCUT2D eigenvalue weighted by molar-refractivity contribution is 0.108. The standard InChI is InChI=1S/C12H14ClFO2/c1-2-3-4-5-16-11-7-9(12(13)15)6-10(14)8-11/h6-8H,2-5H2,1H3. The number of hydrogen-bond acceptors (Lipinski definition) is 2. The van der Waals surface area contributed by atoms with Crippen molar-refractivity contribution in [1.82, 2.24) is 0 Å². The monoisotopic (exact) mass is 244 g/mol. The highest BCUT2D eigenvalue weighted by Crippen LogP contribution is 2.18. The number of carbonyl (C=O) groups excluding carboxylic acids is 1. The Balaban J connectivity index is 2.62. The fourth-order valence-electron chi connectivity index (χ4n) is 1.30. The van der Waals surface area contributed by atoms with Gasteiger partial charge in [-0.1, -0.05) is 19.8 Å². The smallest absolute Gasteiger partial charge is 0.252 e. The van der Waals surface area contributed by atoms with Crippen LogP contribution in [0.25, 0.3) is 0 Å². The molecule has 2 nitrogen and oxygen atoms in total. The summed E-state index contributed by atoms with van der Waals surface area (Å²) in [5, 5.41) is -0.682. The Hall–Kier alpha value is -1.09. The molecule has 0 amide bonds. The molecule has 0 spiro atoms. The molecule has 0 aromatic heterocycles. The van der Waals surface area contributed by atoms with Crippen molar-refractivity contribution < 1.29 is 13.9 Å². The third-order valence-electron chi connectivity index (χ3n) is 2.11. The van der Waals surface area contributed by atoms with Crippen LogP contribution in [0.1, 0.15) is 36.5 Å². The van der Waals surface area contributed by atoms with Crippen LogP contribution in [0.3, 0.4) is 0 Å². The molecule has 0 radical (unpaired) electrons. The van der Waals surface area contributed by atoms with E-state index in [0.29, 0.717) is 12.4 Å². The number of carbonyl (C=O) groups is 1.